The van der Waals surface area contributed by atoms with E-state index in [1.807, 2.05) is 53.9 Å². The van der Waals surface area contributed by atoms with Crippen molar-refractivity contribution in [1.82, 2.24) is 15.5 Å². The Hall–Kier alpha value is -2.74. The lowest BCUT2D eigenvalue weighted by atomic mass is 10.1. The Labute approximate surface area is 166 Å². The SMILES string of the molecule is C[C@@](O)(CNCc1ccccn1)COc1cccc(-c2onc3sccc23)c1. The Morgan fingerprint density at radius 1 is 1.21 bits per heavy atom. The number of pyridine rings is 1. The van der Waals surface area contributed by atoms with Gasteiger partial charge in [0.15, 0.2) is 10.6 Å². The van der Waals surface area contributed by atoms with Gasteiger partial charge in [-0.3, -0.25) is 4.98 Å². The van der Waals surface area contributed by atoms with Crippen molar-refractivity contribution in [3.05, 3.63) is 65.8 Å². The van der Waals surface area contributed by atoms with E-state index in [1.165, 1.54) is 0 Å². The molecule has 7 heteroatoms. The number of hydrogen-bond acceptors (Lipinski definition) is 7. The summed E-state index contributed by atoms with van der Waals surface area (Å²) in [6, 6.07) is 15.4. The molecule has 0 saturated carbocycles. The monoisotopic (exact) mass is 395 g/mol. The molecule has 4 rings (SSSR count). The van der Waals surface area contributed by atoms with Crippen molar-refractivity contribution in [3.63, 3.8) is 0 Å². The molecule has 0 unspecified atom stereocenters. The van der Waals surface area contributed by atoms with Gasteiger partial charge in [0.2, 0.25) is 0 Å². The molecule has 1 atom stereocenters. The molecule has 2 N–H and O–H groups in total. The minimum absolute atomic E-state index is 0.163. The van der Waals surface area contributed by atoms with E-state index >= 15 is 0 Å². The van der Waals surface area contributed by atoms with Gasteiger partial charge in [0.25, 0.3) is 0 Å². The highest BCUT2D eigenvalue weighted by molar-refractivity contribution is 7.16. The van der Waals surface area contributed by atoms with Crippen molar-refractivity contribution >= 4 is 21.6 Å². The molecule has 0 spiro atoms. The number of fused-ring (bicyclic) bond motifs is 1. The molecule has 1 aromatic carbocycles. The lowest BCUT2D eigenvalue weighted by Gasteiger charge is -2.24. The van der Waals surface area contributed by atoms with Gasteiger partial charge in [-0.2, -0.15) is 0 Å². The maximum atomic E-state index is 10.6. The van der Waals surface area contributed by atoms with Crippen molar-refractivity contribution in [2.75, 3.05) is 13.2 Å². The number of hydrogen-bond donors (Lipinski definition) is 2. The van der Waals surface area contributed by atoms with Crippen molar-refractivity contribution in [1.29, 1.82) is 0 Å². The molecule has 3 heterocycles. The Morgan fingerprint density at radius 3 is 3.00 bits per heavy atom. The average Bonchev–Trinajstić information content (AvgIpc) is 3.31. The van der Waals surface area contributed by atoms with Gasteiger partial charge in [0.05, 0.1) is 11.1 Å². The summed E-state index contributed by atoms with van der Waals surface area (Å²) in [5, 5.41) is 20.9. The number of aliphatic hydroxyl groups is 1. The van der Waals surface area contributed by atoms with Crippen molar-refractivity contribution < 1.29 is 14.4 Å². The molecule has 4 aromatic rings. The van der Waals surface area contributed by atoms with E-state index in [0.29, 0.717) is 18.8 Å². The third-order valence-electron chi connectivity index (χ3n) is 4.29. The molecular formula is C21H21N3O3S. The Kier molecular flexibility index (Phi) is 5.38. The zero-order valence-electron chi connectivity index (χ0n) is 15.5. The minimum Gasteiger partial charge on any atom is -0.491 e. The molecule has 0 aliphatic carbocycles. The van der Waals surface area contributed by atoms with E-state index < -0.39 is 5.60 Å². The third kappa shape index (κ3) is 4.39. The van der Waals surface area contributed by atoms with Crippen LogP contribution in [0.1, 0.15) is 12.6 Å². The highest BCUT2D eigenvalue weighted by Crippen LogP contribution is 2.33. The topological polar surface area (TPSA) is 80.4 Å². The summed E-state index contributed by atoms with van der Waals surface area (Å²) in [5.41, 5.74) is 0.808. The van der Waals surface area contributed by atoms with Crippen LogP contribution in [0.25, 0.3) is 21.5 Å². The van der Waals surface area contributed by atoms with Crippen LogP contribution < -0.4 is 10.1 Å². The molecule has 6 nitrogen and oxygen atoms in total. The molecule has 0 aliphatic heterocycles. The summed E-state index contributed by atoms with van der Waals surface area (Å²) in [7, 11) is 0. The fraction of sp³-hybridized carbons (Fsp3) is 0.238. The minimum atomic E-state index is -1.02. The van der Waals surface area contributed by atoms with Gasteiger partial charge in [-0.05, 0) is 42.6 Å². The maximum Gasteiger partial charge on any atom is 0.175 e. The fourth-order valence-electron chi connectivity index (χ4n) is 2.87. The van der Waals surface area contributed by atoms with E-state index in [4.69, 9.17) is 9.26 Å². The second-order valence-electron chi connectivity index (χ2n) is 6.89. The highest BCUT2D eigenvalue weighted by atomic mass is 32.1. The van der Waals surface area contributed by atoms with Crippen LogP contribution in [0.3, 0.4) is 0 Å². The normalized spacial score (nSPS) is 13.5. The predicted octanol–water partition coefficient (Wildman–Crippen LogP) is 3.87. The van der Waals surface area contributed by atoms with Gasteiger partial charge in [-0.15, -0.1) is 11.3 Å². The lowest BCUT2D eigenvalue weighted by Crippen LogP contribution is -2.42. The molecule has 0 saturated heterocycles. The van der Waals surface area contributed by atoms with Gasteiger partial charge in [0, 0.05) is 24.8 Å². The largest absolute Gasteiger partial charge is 0.491 e. The molecule has 0 bridgehead atoms. The number of nitrogens with one attached hydrogen (secondary N) is 1. The van der Waals surface area contributed by atoms with Crippen molar-refractivity contribution in [2.45, 2.75) is 19.1 Å². The standard InChI is InChI=1S/C21H21N3O3S/c1-21(25,13-22-12-16-6-2-3-9-23-16)14-26-17-7-4-5-15(11-17)19-18-8-10-28-20(18)24-27-19/h2-11,22,25H,12-14H2,1H3/t21-/m1/s1. The van der Waals surface area contributed by atoms with E-state index in [-0.39, 0.29) is 6.61 Å². The highest BCUT2D eigenvalue weighted by Gasteiger charge is 2.21. The quantitative estimate of drug-likeness (QED) is 0.471. The molecule has 0 radical (unpaired) electrons. The van der Waals surface area contributed by atoms with Crippen LogP contribution in [0.2, 0.25) is 0 Å². The zero-order chi connectivity index (χ0) is 19.4. The van der Waals surface area contributed by atoms with Crippen LogP contribution in [-0.2, 0) is 6.54 Å². The summed E-state index contributed by atoms with van der Waals surface area (Å²) in [5.74, 6) is 1.40. The third-order valence-corrected chi connectivity index (χ3v) is 5.08. The molecule has 0 amide bonds. The molecule has 28 heavy (non-hydrogen) atoms. The summed E-state index contributed by atoms with van der Waals surface area (Å²) < 4.78 is 11.3. The first-order valence-corrected chi connectivity index (χ1v) is 9.88. The van der Waals surface area contributed by atoms with Crippen LogP contribution >= 0.6 is 11.3 Å². The zero-order valence-corrected chi connectivity index (χ0v) is 16.3. The number of benzene rings is 1. The summed E-state index contributed by atoms with van der Waals surface area (Å²) >= 11 is 1.55. The van der Waals surface area contributed by atoms with Gasteiger partial charge in [-0.25, -0.2) is 0 Å². The van der Waals surface area contributed by atoms with Crippen LogP contribution in [0, 0.1) is 0 Å². The van der Waals surface area contributed by atoms with Gasteiger partial charge in [0.1, 0.15) is 18.0 Å². The predicted molar refractivity (Wildman–Crippen MR) is 109 cm³/mol. The van der Waals surface area contributed by atoms with Crippen molar-refractivity contribution in [3.8, 4) is 17.1 Å². The van der Waals surface area contributed by atoms with Crippen LogP contribution in [0.5, 0.6) is 5.75 Å². The first-order valence-electron chi connectivity index (χ1n) is 9.00. The number of aromatic nitrogens is 2. The van der Waals surface area contributed by atoms with Gasteiger partial charge >= 0.3 is 0 Å². The molecule has 0 fully saturated rings. The Balaban J connectivity index is 1.36. The van der Waals surface area contributed by atoms with E-state index in [9.17, 15) is 5.11 Å². The number of thiophene rings is 1. The molecular weight excluding hydrogens is 374 g/mol. The molecule has 3 aromatic heterocycles. The molecule has 0 aliphatic rings. The first kappa shape index (κ1) is 18.6. The maximum absolute atomic E-state index is 10.6. The van der Waals surface area contributed by atoms with Gasteiger partial charge < -0.3 is 19.7 Å². The van der Waals surface area contributed by atoms with Crippen LogP contribution in [0.4, 0.5) is 0 Å². The fourth-order valence-corrected chi connectivity index (χ4v) is 3.57. The van der Waals surface area contributed by atoms with E-state index in [2.05, 4.69) is 15.5 Å². The van der Waals surface area contributed by atoms with Gasteiger partial charge in [-0.1, -0.05) is 23.4 Å². The van der Waals surface area contributed by atoms with Crippen LogP contribution in [0.15, 0.2) is 64.6 Å². The lowest BCUT2D eigenvalue weighted by molar-refractivity contribution is 0.0120. The first-order chi connectivity index (χ1) is 13.6. The average molecular weight is 395 g/mol. The number of rotatable bonds is 8. The number of nitrogens with zero attached hydrogens (tertiary/aromatic N) is 2. The van der Waals surface area contributed by atoms with E-state index in [0.717, 1.165) is 27.2 Å². The van der Waals surface area contributed by atoms with E-state index in [1.54, 1.807) is 24.5 Å². The smallest absolute Gasteiger partial charge is 0.175 e. The Bertz CT molecular complexity index is 1040. The summed E-state index contributed by atoms with van der Waals surface area (Å²) in [4.78, 5) is 5.13. The second-order valence-corrected chi connectivity index (χ2v) is 7.78. The summed E-state index contributed by atoms with van der Waals surface area (Å²) in [6.45, 7) is 2.89. The Morgan fingerprint density at radius 2 is 2.14 bits per heavy atom. The number of ether oxygens (including phenoxy) is 1. The second kappa shape index (κ2) is 8.10. The molecule has 144 valence electrons. The van der Waals surface area contributed by atoms with Crippen LogP contribution in [-0.4, -0.2) is 34.0 Å². The summed E-state index contributed by atoms with van der Waals surface area (Å²) in [6.07, 6.45) is 1.75. The van der Waals surface area contributed by atoms with Crippen molar-refractivity contribution in [2.24, 2.45) is 0 Å².